The van der Waals surface area contributed by atoms with Gasteiger partial charge in [-0.1, -0.05) is 34.1 Å². The summed E-state index contributed by atoms with van der Waals surface area (Å²) in [6.45, 7) is 8.49. The van der Waals surface area contributed by atoms with Crippen molar-refractivity contribution in [2.45, 2.75) is 53.1 Å². The van der Waals surface area contributed by atoms with Crippen LogP contribution in [0, 0.1) is 0 Å². The van der Waals surface area contributed by atoms with E-state index in [9.17, 15) is 13.2 Å². The van der Waals surface area contributed by atoms with Crippen LogP contribution in [0.4, 0.5) is 13.2 Å². The Bertz CT molecular complexity index is 117. The van der Waals surface area contributed by atoms with Crippen molar-refractivity contribution in [3.05, 3.63) is 0 Å². The molecule has 94 valence electrons. The summed E-state index contributed by atoms with van der Waals surface area (Å²) >= 11 is 0. The lowest BCUT2D eigenvalue weighted by atomic mass is 10.1. The molecule has 1 fully saturated rings. The standard InChI is InChI=1S/C7H12F3N.2C2H6/c8-7(9,10)6-11-4-2-1-3-5-11;2*1-2/h1-6H2;2*1-2H3. The van der Waals surface area contributed by atoms with Gasteiger partial charge in [0.25, 0.3) is 0 Å². The van der Waals surface area contributed by atoms with Gasteiger partial charge in [-0.3, -0.25) is 4.90 Å². The van der Waals surface area contributed by atoms with Crippen molar-refractivity contribution < 1.29 is 13.2 Å². The highest BCUT2D eigenvalue weighted by molar-refractivity contribution is 4.67. The molecule has 15 heavy (non-hydrogen) atoms. The number of hydrogen-bond acceptors (Lipinski definition) is 1. The Labute approximate surface area is 91.7 Å². The Balaban J connectivity index is 0. The van der Waals surface area contributed by atoms with Crippen LogP contribution >= 0.6 is 0 Å². The number of halogens is 3. The van der Waals surface area contributed by atoms with Gasteiger partial charge in [0.2, 0.25) is 0 Å². The van der Waals surface area contributed by atoms with Crippen molar-refractivity contribution in [2.24, 2.45) is 0 Å². The molecule has 0 aromatic carbocycles. The van der Waals surface area contributed by atoms with Crippen LogP contribution in [-0.2, 0) is 0 Å². The molecule has 0 unspecified atom stereocenters. The molecule has 1 aliphatic rings. The maximum absolute atomic E-state index is 11.8. The van der Waals surface area contributed by atoms with E-state index in [-0.39, 0.29) is 0 Å². The number of nitrogens with zero attached hydrogens (tertiary/aromatic N) is 1. The molecule has 0 atom stereocenters. The maximum atomic E-state index is 11.8. The molecule has 0 spiro atoms. The Morgan fingerprint density at radius 3 is 1.60 bits per heavy atom. The minimum absolute atomic E-state index is 0.611. The second-order valence-electron chi connectivity index (χ2n) is 2.95. The normalized spacial score (nSPS) is 17.0. The fraction of sp³-hybridized carbons (Fsp3) is 1.00. The van der Waals surface area contributed by atoms with E-state index >= 15 is 0 Å². The highest BCUT2D eigenvalue weighted by atomic mass is 19.4. The lowest BCUT2D eigenvalue weighted by Crippen LogP contribution is -2.37. The SMILES string of the molecule is CC.CC.FC(F)(F)CN1CCCCC1. The summed E-state index contributed by atoms with van der Waals surface area (Å²) in [5.74, 6) is 0. The van der Waals surface area contributed by atoms with E-state index in [2.05, 4.69) is 0 Å². The summed E-state index contributed by atoms with van der Waals surface area (Å²) in [4.78, 5) is 1.48. The average Bonchev–Trinajstić information content (AvgIpc) is 2.23. The summed E-state index contributed by atoms with van der Waals surface area (Å²) in [6, 6.07) is 0. The summed E-state index contributed by atoms with van der Waals surface area (Å²) in [6.07, 6.45) is -1.11. The Morgan fingerprint density at radius 2 is 1.27 bits per heavy atom. The van der Waals surface area contributed by atoms with Crippen LogP contribution in [0.15, 0.2) is 0 Å². The van der Waals surface area contributed by atoms with Gasteiger partial charge in [0.1, 0.15) is 0 Å². The summed E-state index contributed by atoms with van der Waals surface area (Å²) in [5, 5.41) is 0. The van der Waals surface area contributed by atoms with E-state index in [0.29, 0.717) is 13.1 Å². The predicted octanol–water partition coefficient (Wildman–Crippen LogP) is 4.09. The molecule has 1 heterocycles. The van der Waals surface area contributed by atoms with Crippen molar-refractivity contribution in [1.82, 2.24) is 4.90 Å². The zero-order valence-corrected chi connectivity index (χ0v) is 10.3. The number of likely N-dealkylation sites (tertiary alicyclic amines) is 1. The summed E-state index contributed by atoms with van der Waals surface area (Å²) < 4.78 is 35.4. The molecule has 1 aliphatic heterocycles. The van der Waals surface area contributed by atoms with Crippen LogP contribution in [0.3, 0.4) is 0 Å². The van der Waals surface area contributed by atoms with Crippen LogP contribution in [0.1, 0.15) is 47.0 Å². The minimum atomic E-state index is -4.02. The molecular formula is C11H24F3N. The van der Waals surface area contributed by atoms with Gasteiger partial charge in [0.05, 0.1) is 6.54 Å². The highest BCUT2D eigenvalue weighted by Crippen LogP contribution is 2.19. The van der Waals surface area contributed by atoms with Crippen molar-refractivity contribution in [2.75, 3.05) is 19.6 Å². The monoisotopic (exact) mass is 227 g/mol. The third kappa shape index (κ3) is 11.7. The van der Waals surface area contributed by atoms with E-state index in [1.807, 2.05) is 27.7 Å². The Morgan fingerprint density at radius 1 is 0.867 bits per heavy atom. The van der Waals surface area contributed by atoms with E-state index < -0.39 is 12.7 Å². The van der Waals surface area contributed by atoms with Crippen molar-refractivity contribution in [3.8, 4) is 0 Å². The Hall–Kier alpha value is -0.250. The number of rotatable bonds is 1. The average molecular weight is 227 g/mol. The molecule has 0 N–H and O–H groups in total. The summed E-state index contributed by atoms with van der Waals surface area (Å²) in [5.41, 5.74) is 0. The third-order valence-corrected chi connectivity index (χ3v) is 1.85. The van der Waals surface area contributed by atoms with Crippen LogP contribution in [0.2, 0.25) is 0 Å². The molecular weight excluding hydrogens is 203 g/mol. The largest absolute Gasteiger partial charge is 0.401 e. The van der Waals surface area contributed by atoms with Crippen molar-refractivity contribution >= 4 is 0 Å². The van der Waals surface area contributed by atoms with Crippen LogP contribution in [0.25, 0.3) is 0 Å². The van der Waals surface area contributed by atoms with Gasteiger partial charge in [-0.25, -0.2) is 0 Å². The quantitative estimate of drug-likeness (QED) is 0.652. The predicted molar refractivity (Wildman–Crippen MR) is 59.0 cm³/mol. The smallest absolute Gasteiger partial charge is 0.295 e. The molecule has 0 radical (unpaired) electrons. The summed E-state index contributed by atoms with van der Waals surface area (Å²) in [7, 11) is 0. The first-order valence-electron chi connectivity index (χ1n) is 5.87. The van der Waals surface area contributed by atoms with E-state index in [1.54, 1.807) is 0 Å². The molecule has 1 nitrogen and oxygen atoms in total. The zero-order valence-electron chi connectivity index (χ0n) is 10.3. The van der Waals surface area contributed by atoms with Crippen LogP contribution in [0.5, 0.6) is 0 Å². The molecule has 0 aliphatic carbocycles. The fourth-order valence-electron chi connectivity index (χ4n) is 1.37. The zero-order chi connectivity index (χ0) is 12.3. The van der Waals surface area contributed by atoms with Gasteiger partial charge >= 0.3 is 6.18 Å². The molecule has 0 amide bonds. The van der Waals surface area contributed by atoms with E-state index in [1.165, 1.54) is 4.90 Å². The van der Waals surface area contributed by atoms with Crippen LogP contribution in [-0.4, -0.2) is 30.7 Å². The topological polar surface area (TPSA) is 3.24 Å². The minimum Gasteiger partial charge on any atom is -0.295 e. The second kappa shape index (κ2) is 10.3. The molecule has 0 aromatic heterocycles. The van der Waals surface area contributed by atoms with Gasteiger partial charge in [-0.2, -0.15) is 13.2 Å². The van der Waals surface area contributed by atoms with Crippen molar-refractivity contribution in [3.63, 3.8) is 0 Å². The molecule has 0 bridgehead atoms. The highest BCUT2D eigenvalue weighted by Gasteiger charge is 2.30. The van der Waals surface area contributed by atoms with E-state index in [0.717, 1.165) is 19.3 Å². The third-order valence-electron chi connectivity index (χ3n) is 1.85. The molecule has 0 saturated carbocycles. The first-order valence-corrected chi connectivity index (χ1v) is 5.87. The van der Waals surface area contributed by atoms with Gasteiger partial charge in [0.15, 0.2) is 0 Å². The van der Waals surface area contributed by atoms with Gasteiger partial charge in [-0.15, -0.1) is 0 Å². The first kappa shape index (κ1) is 17.2. The molecule has 4 heteroatoms. The Kier molecular flexibility index (Phi) is 11.7. The number of hydrogen-bond donors (Lipinski definition) is 0. The second-order valence-corrected chi connectivity index (χ2v) is 2.95. The molecule has 1 saturated heterocycles. The fourth-order valence-corrected chi connectivity index (χ4v) is 1.37. The van der Waals surface area contributed by atoms with Crippen LogP contribution < -0.4 is 0 Å². The molecule has 0 aromatic rings. The van der Waals surface area contributed by atoms with Gasteiger partial charge in [0, 0.05) is 0 Å². The maximum Gasteiger partial charge on any atom is 0.401 e. The lowest BCUT2D eigenvalue weighted by molar-refractivity contribution is -0.147. The van der Waals surface area contributed by atoms with E-state index in [4.69, 9.17) is 0 Å². The van der Waals surface area contributed by atoms with Gasteiger partial charge in [-0.05, 0) is 25.9 Å². The number of alkyl halides is 3. The lowest BCUT2D eigenvalue weighted by Gasteiger charge is -2.26. The first-order chi connectivity index (χ1) is 7.08. The van der Waals surface area contributed by atoms with Gasteiger partial charge < -0.3 is 0 Å². The number of piperidine rings is 1. The van der Waals surface area contributed by atoms with Crippen molar-refractivity contribution in [1.29, 1.82) is 0 Å². The molecule has 1 rings (SSSR count).